The molecule has 1 aromatic rings. The Morgan fingerprint density at radius 2 is 2.07 bits per heavy atom. The average molecular weight is 190 g/mol. The maximum absolute atomic E-state index is 4.16. The Kier molecular flexibility index (Phi) is 2.31. The molecule has 0 spiro atoms. The Hall–Kier alpha value is -0.890. The van der Waals surface area contributed by atoms with Gasteiger partial charge in [-0.3, -0.25) is 9.88 Å². The van der Waals surface area contributed by atoms with Gasteiger partial charge in [0.05, 0.1) is 0 Å². The molecule has 0 unspecified atom stereocenters. The fraction of sp³-hybridized carbons (Fsp3) is 0.583. The summed E-state index contributed by atoms with van der Waals surface area (Å²) in [6, 6.07) is 4.20. The molecular formula is C12H18N2. The van der Waals surface area contributed by atoms with E-state index in [4.69, 9.17) is 0 Å². The molecule has 76 valence electrons. The summed E-state index contributed by atoms with van der Waals surface area (Å²) in [5, 5.41) is 0. The van der Waals surface area contributed by atoms with Crippen molar-refractivity contribution in [3.05, 3.63) is 30.1 Å². The monoisotopic (exact) mass is 190 g/mol. The van der Waals surface area contributed by atoms with Crippen LogP contribution in [0.4, 0.5) is 0 Å². The van der Waals surface area contributed by atoms with Gasteiger partial charge in [-0.2, -0.15) is 0 Å². The fourth-order valence-electron chi connectivity index (χ4n) is 1.85. The first-order valence-electron chi connectivity index (χ1n) is 5.22. The molecule has 0 aromatic carbocycles. The predicted molar refractivity (Wildman–Crippen MR) is 58.3 cm³/mol. The highest BCUT2D eigenvalue weighted by molar-refractivity contribution is 5.19. The Morgan fingerprint density at radius 1 is 1.36 bits per heavy atom. The molecule has 2 heterocycles. The van der Waals surface area contributed by atoms with Crippen molar-refractivity contribution >= 4 is 0 Å². The highest BCUT2D eigenvalue weighted by Gasteiger charge is 2.34. The lowest BCUT2D eigenvalue weighted by Crippen LogP contribution is -2.54. The second kappa shape index (κ2) is 3.35. The van der Waals surface area contributed by atoms with Gasteiger partial charge in [0, 0.05) is 36.9 Å². The van der Waals surface area contributed by atoms with Crippen LogP contribution in [0, 0.1) is 0 Å². The maximum atomic E-state index is 4.16. The molecule has 2 heteroatoms. The van der Waals surface area contributed by atoms with Crippen LogP contribution in [0.5, 0.6) is 0 Å². The van der Waals surface area contributed by atoms with Crippen LogP contribution >= 0.6 is 0 Å². The minimum Gasteiger partial charge on any atom is -0.297 e. The molecule has 1 aromatic heterocycles. The number of hydrogen-bond acceptors (Lipinski definition) is 2. The normalized spacial score (nSPS) is 19.4. The standard InChI is InChI=1S/C12H18N2/c1-12(2,3)14-8-11(9-14)10-5-4-6-13-7-10/h4-7,11H,8-9H2,1-3H3. The molecule has 1 fully saturated rings. The zero-order valence-electron chi connectivity index (χ0n) is 9.20. The van der Waals surface area contributed by atoms with Crippen molar-refractivity contribution in [1.29, 1.82) is 0 Å². The van der Waals surface area contributed by atoms with Crippen molar-refractivity contribution in [1.82, 2.24) is 9.88 Å². The molecule has 0 N–H and O–H groups in total. The molecule has 0 amide bonds. The Labute approximate surface area is 86.0 Å². The van der Waals surface area contributed by atoms with E-state index in [-0.39, 0.29) is 0 Å². The van der Waals surface area contributed by atoms with Crippen molar-refractivity contribution in [3.8, 4) is 0 Å². The topological polar surface area (TPSA) is 16.1 Å². The third-order valence-corrected chi connectivity index (χ3v) is 2.99. The predicted octanol–water partition coefficient (Wildman–Crippen LogP) is 2.28. The Balaban J connectivity index is 1.96. The molecule has 0 aliphatic carbocycles. The summed E-state index contributed by atoms with van der Waals surface area (Å²) in [6.45, 7) is 9.16. The average Bonchev–Trinajstić information content (AvgIpc) is 2.00. The van der Waals surface area contributed by atoms with Gasteiger partial charge in [-0.25, -0.2) is 0 Å². The van der Waals surface area contributed by atoms with Crippen LogP contribution in [0.3, 0.4) is 0 Å². The molecule has 14 heavy (non-hydrogen) atoms. The van der Waals surface area contributed by atoms with Gasteiger partial charge in [0.15, 0.2) is 0 Å². The number of likely N-dealkylation sites (tertiary alicyclic amines) is 1. The largest absolute Gasteiger partial charge is 0.297 e. The van der Waals surface area contributed by atoms with Gasteiger partial charge in [0.25, 0.3) is 0 Å². The lowest BCUT2D eigenvalue weighted by atomic mass is 9.88. The van der Waals surface area contributed by atoms with Crippen molar-refractivity contribution in [2.45, 2.75) is 32.2 Å². The molecule has 1 saturated heterocycles. The summed E-state index contributed by atoms with van der Waals surface area (Å²) in [7, 11) is 0. The molecule has 1 aliphatic rings. The molecule has 0 saturated carbocycles. The number of aromatic nitrogens is 1. The Bertz CT molecular complexity index is 294. The fourth-order valence-corrected chi connectivity index (χ4v) is 1.85. The van der Waals surface area contributed by atoms with Gasteiger partial charge in [-0.15, -0.1) is 0 Å². The van der Waals surface area contributed by atoms with E-state index < -0.39 is 0 Å². The molecule has 0 atom stereocenters. The van der Waals surface area contributed by atoms with Crippen LogP contribution in [0.2, 0.25) is 0 Å². The Morgan fingerprint density at radius 3 is 2.57 bits per heavy atom. The summed E-state index contributed by atoms with van der Waals surface area (Å²) < 4.78 is 0. The molecule has 1 aliphatic heterocycles. The van der Waals surface area contributed by atoms with Crippen molar-refractivity contribution in [2.24, 2.45) is 0 Å². The molecule has 0 radical (unpaired) electrons. The zero-order valence-corrected chi connectivity index (χ0v) is 9.20. The van der Waals surface area contributed by atoms with E-state index in [9.17, 15) is 0 Å². The van der Waals surface area contributed by atoms with Crippen LogP contribution in [0.25, 0.3) is 0 Å². The maximum Gasteiger partial charge on any atom is 0.0303 e. The third-order valence-electron chi connectivity index (χ3n) is 2.99. The van der Waals surface area contributed by atoms with Crippen LogP contribution < -0.4 is 0 Å². The minimum absolute atomic E-state index is 0.318. The van der Waals surface area contributed by atoms with Gasteiger partial charge in [-0.05, 0) is 32.4 Å². The van der Waals surface area contributed by atoms with E-state index >= 15 is 0 Å². The van der Waals surface area contributed by atoms with Gasteiger partial charge in [0.1, 0.15) is 0 Å². The van der Waals surface area contributed by atoms with Crippen molar-refractivity contribution < 1.29 is 0 Å². The van der Waals surface area contributed by atoms with Gasteiger partial charge in [-0.1, -0.05) is 6.07 Å². The summed E-state index contributed by atoms with van der Waals surface area (Å²) in [4.78, 5) is 6.66. The van der Waals surface area contributed by atoms with E-state index in [2.05, 4.69) is 36.7 Å². The van der Waals surface area contributed by atoms with Gasteiger partial charge < -0.3 is 0 Å². The van der Waals surface area contributed by atoms with E-state index in [0.717, 1.165) is 0 Å². The summed E-state index contributed by atoms with van der Waals surface area (Å²) in [5.41, 5.74) is 1.70. The van der Waals surface area contributed by atoms with Crippen LogP contribution in [0.1, 0.15) is 32.3 Å². The summed E-state index contributed by atoms with van der Waals surface area (Å²) >= 11 is 0. The summed E-state index contributed by atoms with van der Waals surface area (Å²) in [6.07, 6.45) is 3.83. The van der Waals surface area contributed by atoms with E-state index in [1.807, 2.05) is 18.5 Å². The number of rotatable bonds is 1. The third kappa shape index (κ3) is 1.80. The van der Waals surface area contributed by atoms with Gasteiger partial charge >= 0.3 is 0 Å². The van der Waals surface area contributed by atoms with Crippen LogP contribution in [-0.4, -0.2) is 28.5 Å². The van der Waals surface area contributed by atoms with E-state index in [1.54, 1.807) is 0 Å². The second-order valence-corrected chi connectivity index (χ2v) is 5.06. The molecule has 2 nitrogen and oxygen atoms in total. The second-order valence-electron chi connectivity index (χ2n) is 5.06. The molecule has 0 bridgehead atoms. The minimum atomic E-state index is 0.318. The molecular weight excluding hydrogens is 172 g/mol. The quantitative estimate of drug-likeness (QED) is 0.675. The van der Waals surface area contributed by atoms with E-state index in [1.165, 1.54) is 18.7 Å². The first kappa shape index (κ1) is 9.66. The lowest BCUT2D eigenvalue weighted by Gasteiger charge is -2.47. The van der Waals surface area contributed by atoms with Gasteiger partial charge in [0.2, 0.25) is 0 Å². The van der Waals surface area contributed by atoms with Crippen molar-refractivity contribution in [2.75, 3.05) is 13.1 Å². The van der Waals surface area contributed by atoms with Crippen molar-refractivity contribution in [3.63, 3.8) is 0 Å². The van der Waals surface area contributed by atoms with Crippen LogP contribution in [-0.2, 0) is 0 Å². The number of hydrogen-bond donors (Lipinski definition) is 0. The lowest BCUT2D eigenvalue weighted by molar-refractivity contribution is 0.0469. The zero-order chi connectivity index (χ0) is 10.2. The number of nitrogens with zero attached hydrogens (tertiary/aromatic N) is 2. The smallest absolute Gasteiger partial charge is 0.0303 e. The van der Waals surface area contributed by atoms with Crippen LogP contribution in [0.15, 0.2) is 24.5 Å². The highest BCUT2D eigenvalue weighted by Crippen LogP contribution is 2.31. The SMILES string of the molecule is CC(C)(C)N1CC(c2cccnc2)C1. The molecule has 2 rings (SSSR count). The summed E-state index contributed by atoms with van der Waals surface area (Å²) in [5.74, 6) is 0.697. The van der Waals surface area contributed by atoms with E-state index in [0.29, 0.717) is 11.5 Å². The first-order valence-corrected chi connectivity index (χ1v) is 5.22. The highest BCUT2D eigenvalue weighted by atomic mass is 15.2. The number of pyridine rings is 1. The first-order chi connectivity index (χ1) is 6.57.